The Kier molecular flexibility index (Phi) is 4.78. The third-order valence-electron chi connectivity index (χ3n) is 2.46. The number of anilines is 1. The summed E-state index contributed by atoms with van der Waals surface area (Å²) in [5.41, 5.74) is 0.518. The molecule has 2 N–H and O–H groups in total. The lowest BCUT2D eigenvalue weighted by Gasteiger charge is -2.04. The number of rotatable bonds is 5. The van der Waals surface area contributed by atoms with E-state index in [9.17, 15) is 9.59 Å². The van der Waals surface area contributed by atoms with E-state index in [4.69, 9.17) is 0 Å². The molecule has 1 heterocycles. The lowest BCUT2D eigenvalue weighted by molar-refractivity contribution is -0.115. The van der Waals surface area contributed by atoms with Crippen molar-refractivity contribution >= 4 is 28.3 Å². The zero-order valence-corrected chi connectivity index (χ0v) is 11.7. The predicted octanol–water partition coefficient (Wildman–Crippen LogP) is 1.47. The van der Waals surface area contributed by atoms with Gasteiger partial charge in [-0.3, -0.25) is 14.9 Å². The minimum Gasteiger partial charge on any atom is -0.343 e. The highest BCUT2D eigenvalue weighted by Crippen LogP contribution is 2.14. The zero-order valence-electron chi connectivity index (χ0n) is 10.9. The van der Waals surface area contributed by atoms with Crippen molar-refractivity contribution in [1.29, 1.82) is 0 Å². The van der Waals surface area contributed by atoms with Gasteiger partial charge >= 0.3 is 0 Å². The Balaban J connectivity index is 1.82. The van der Waals surface area contributed by atoms with Gasteiger partial charge in [0.15, 0.2) is 0 Å². The molecule has 1 aromatic carbocycles. The molecule has 0 unspecified atom stereocenters. The van der Waals surface area contributed by atoms with E-state index in [0.717, 1.165) is 11.4 Å². The molecule has 0 atom stereocenters. The molecule has 1 aromatic heterocycles. The molecule has 0 aliphatic rings. The van der Waals surface area contributed by atoms with Crippen molar-refractivity contribution in [3.8, 4) is 0 Å². The average molecular weight is 290 g/mol. The van der Waals surface area contributed by atoms with Gasteiger partial charge in [0.05, 0.1) is 6.54 Å². The van der Waals surface area contributed by atoms with Gasteiger partial charge in [-0.05, 0) is 18.6 Å². The third-order valence-corrected chi connectivity index (χ3v) is 3.44. The maximum absolute atomic E-state index is 11.7. The van der Waals surface area contributed by atoms with Crippen LogP contribution in [0.3, 0.4) is 0 Å². The van der Waals surface area contributed by atoms with Crippen LogP contribution in [0.4, 0.5) is 5.13 Å². The highest BCUT2D eigenvalue weighted by molar-refractivity contribution is 7.15. The van der Waals surface area contributed by atoms with Crippen LogP contribution in [0.25, 0.3) is 0 Å². The van der Waals surface area contributed by atoms with Crippen LogP contribution in [0.5, 0.6) is 0 Å². The smallest absolute Gasteiger partial charge is 0.251 e. The number of hydrogen-bond donors (Lipinski definition) is 2. The Morgan fingerprint density at radius 2 is 1.95 bits per heavy atom. The molecule has 7 heteroatoms. The average Bonchev–Trinajstić information content (AvgIpc) is 2.93. The van der Waals surface area contributed by atoms with Gasteiger partial charge in [0.25, 0.3) is 5.91 Å². The van der Waals surface area contributed by atoms with E-state index in [1.165, 1.54) is 11.3 Å². The fourth-order valence-corrected chi connectivity index (χ4v) is 2.16. The SMILES string of the molecule is CCc1nnc(NC(=O)CNC(=O)c2ccccc2)s1. The minimum absolute atomic E-state index is 0.102. The maximum Gasteiger partial charge on any atom is 0.251 e. The number of carbonyl (C=O) groups is 2. The van der Waals surface area contributed by atoms with Gasteiger partial charge in [-0.15, -0.1) is 10.2 Å². The van der Waals surface area contributed by atoms with Gasteiger partial charge in [-0.2, -0.15) is 0 Å². The van der Waals surface area contributed by atoms with E-state index in [1.807, 2.05) is 13.0 Å². The van der Waals surface area contributed by atoms with Gasteiger partial charge < -0.3 is 5.32 Å². The van der Waals surface area contributed by atoms with Gasteiger partial charge in [-0.25, -0.2) is 0 Å². The summed E-state index contributed by atoms with van der Waals surface area (Å²) in [6.45, 7) is 1.86. The number of aryl methyl sites for hydroxylation is 1. The van der Waals surface area contributed by atoms with Crippen molar-refractivity contribution in [3.63, 3.8) is 0 Å². The molecule has 0 aliphatic carbocycles. The van der Waals surface area contributed by atoms with E-state index in [-0.39, 0.29) is 18.4 Å². The monoisotopic (exact) mass is 290 g/mol. The van der Waals surface area contributed by atoms with Crippen LogP contribution in [-0.4, -0.2) is 28.6 Å². The van der Waals surface area contributed by atoms with Crippen molar-refractivity contribution in [3.05, 3.63) is 40.9 Å². The first kappa shape index (κ1) is 14.1. The molecule has 0 saturated heterocycles. The number of carbonyl (C=O) groups excluding carboxylic acids is 2. The lowest BCUT2D eigenvalue weighted by atomic mass is 10.2. The second-order valence-corrected chi connectivity index (χ2v) is 5.01. The van der Waals surface area contributed by atoms with Crippen molar-refractivity contribution in [2.45, 2.75) is 13.3 Å². The molecule has 104 valence electrons. The Bertz CT molecular complexity index is 597. The normalized spacial score (nSPS) is 10.1. The Morgan fingerprint density at radius 3 is 2.60 bits per heavy atom. The van der Waals surface area contributed by atoms with Crippen LogP contribution < -0.4 is 10.6 Å². The third kappa shape index (κ3) is 3.86. The van der Waals surface area contributed by atoms with E-state index in [1.54, 1.807) is 24.3 Å². The number of nitrogens with one attached hydrogen (secondary N) is 2. The highest BCUT2D eigenvalue weighted by Gasteiger charge is 2.09. The van der Waals surface area contributed by atoms with Crippen LogP contribution >= 0.6 is 11.3 Å². The van der Waals surface area contributed by atoms with Gasteiger partial charge in [0.2, 0.25) is 11.0 Å². The molecule has 6 nitrogen and oxygen atoms in total. The summed E-state index contributed by atoms with van der Waals surface area (Å²) in [7, 11) is 0. The van der Waals surface area contributed by atoms with Crippen molar-refractivity contribution in [2.24, 2.45) is 0 Å². The van der Waals surface area contributed by atoms with Crippen molar-refractivity contribution < 1.29 is 9.59 Å². The van der Waals surface area contributed by atoms with E-state index in [0.29, 0.717) is 10.7 Å². The fraction of sp³-hybridized carbons (Fsp3) is 0.231. The zero-order chi connectivity index (χ0) is 14.4. The second-order valence-electron chi connectivity index (χ2n) is 3.95. The molecule has 2 amide bonds. The second kappa shape index (κ2) is 6.76. The first-order chi connectivity index (χ1) is 9.69. The first-order valence-corrected chi connectivity index (χ1v) is 6.96. The maximum atomic E-state index is 11.7. The van der Waals surface area contributed by atoms with Gasteiger partial charge in [-0.1, -0.05) is 36.5 Å². The summed E-state index contributed by atoms with van der Waals surface area (Å²) < 4.78 is 0. The van der Waals surface area contributed by atoms with E-state index < -0.39 is 0 Å². The van der Waals surface area contributed by atoms with E-state index in [2.05, 4.69) is 20.8 Å². The van der Waals surface area contributed by atoms with Crippen molar-refractivity contribution in [2.75, 3.05) is 11.9 Å². The van der Waals surface area contributed by atoms with Crippen LogP contribution in [0.2, 0.25) is 0 Å². The molecule has 0 radical (unpaired) electrons. The number of benzene rings is 1. The molecular weight excluding hydrogens is 276 g/mol. The summed E-state index contributed by atoms with van der Waals surface area (Å²) >= 11 is 1.32. The Hall–Kier alpha value is -2.28. The van der Waals surface area contributed by atoms with Crippen LogP contribution in [-0.2, 0) is 11.2 Å². The minimum atomic E-state index is -0.326. The van der Waals surface area contributed by atoms with Crippen LogP contribution in [0, 0.1) is 0 Å². The molecule has 20 heavy (non-hydrogen) atoms. The molecule has 2 rings (SSSR count). The Labute approximate surface area is 120 Å². The molecular formula is C13H14N4O2S. The Morgan fingerprint density at radius 1 is 1.20 bits per heavy atom. The molecule has 0 bridgehead atoms. The number of aromatic nitrogens is 2. The van der Waals surface area contributed by atoms with Gasteiger partial charge in [0.1, 0.15) is 5.01 Å². The molecule has 0 saturated carbocycles. The molecule has 0 aliphatic heterocycles. The standard InChI is InChI=1S/C13H14N4O2S/c1-2-11-16-17-13(20-11)15-10(18)8-14-12(19)9-6-4-3-5-7-9/h3-7H,2,8H2,1H3,(H,14,19)(H,15,17,18). The lowest BCUT2D eigenvalue weighted by Crippen LogP contribution is -2.32. The molecule has 0 spiro atoms. The largest absolute Gasteiger partial charge is 0.343 e. The summed E-state index contributed by atoms with van der Waals surface area (Å²) in [6.07, 6.45) is 0.776. The number of hydrogen-bond acceptors (Lipinski definition) is 5. The molecule has 2 aromatic rings. The van der Waals surface area contributed by atoms with E-state index >= 15 is 0 Å². The predicted molar refractivity (Wildman–Crippen MR) is 76.7 cm³/mol. The number of amides is 2. The van der Waals surface area contributed by atoms with Crippen molar-refractivity contribution in [1.82, 2.24) is 15.5 Å². The summed E-state index contributed by atoms with van der Waals surface area (Å²) in [4.78, 5) is 23.4. The fourth-order valence-electron chi connectivity index (χ4n) is 1.46. The van der Waals surface area contributed by atoms with Crippen LogP contribution in [0.1, 0.15) is 22.3 Å². The molecule has 0 fully saturated rings. The summed E-state index contributed by atoms with van der Waals surface area (Å²) in [5.74, 6) is -0.611. The van der Waals surface area contributed by atoms with Crippen LogP contribution in [0.15, 0.2) is 30.3 Å². The highest BCUT2D eigenvalue weighted by atomic mass is 32.1. The topological polar surface area (TPSA) is 84.0 Å². The quantitative estimate of drug-likeness (QED) is 0.873. The summed E-state index contributed by atoms with van der Waals surface area (Å²) in [5, 5.41) is 14.2. The summed E-state index contributed by atoms with van der Waals surface area (Å²) in [6, 6.07) is 8.73. The van der Waals surface area contributed by atoms with Gasteiger partial charge in [0, 0.05) is 5.56 Å². The first-order valence-electron chi connectivity index (χ1n) is 6.14. The number of nitrogens with zero attached hydrogens (tertiary/aromatic N) is 2.